The van der Waals surface area contributed by atoms with Gasteiger partial charge in [-0.05, 0) is 49.4 Å². The van der Waals surface area contributed by atoms with E-state index in [0.717, 1.165) is 36.0 Å². The monoisotopic (exact) mass is 640 g/mol. The Bertz CT molecular complexity index is 1980. The van der Waals surface area contributed by atoms with Crippen molar-refractivity contribution in [1.82, 2.24) is 29.0 Å². The Morgan fingerprint density at radius 2 is 1.86 bits per heavy atom. The Balaban J connectivity index is 1.32. The van der Waals surface area contributed by atoms with Crippen LogP contribution < -0.4 is 25.2 Å². The van der Waals surface area contributed by atoms with E-state index in [1.54, 1.807) is 29.5 Å². The zero-order valence-corrected chi connectivity index (χ0v) is 26.7. The summed E-state index contributed by atoms with van der Waals surface area (Å²) in [5.74, 6) is 1.51. The van der Waals surface area contributed by atoms with Gasteiger partial charge in [-0.25, -0.2) is 23.1 Å². The number of nitrogens with one attached hydrogen (secondary N) is 2. The van der Waals surface area contributed by atoms with Gasteiger partial charge in [-0.2, -0.15) is 0 Å². The van der Waals surface area contributed by atoms with Crippen molar-refractivity contribution in [2.24, 2.45) is 25.9 Å². The molecule has 4 heterocycles. The number of fused-ring (bicyclic) bond motifs is 2. The predicted octanol–water partition coefficient (Wildman–Crippen LogP) is 2.74. The van der Waals surface area contributed by atoms with Crippen LogP contribution in [0.25, 0.3) is 10.9 Å². The molecule has 6 rings (SSSR count). The molecule has 1 aliphatic carbocycles. The number of aromatic nitrogens is 5. The van der Waals surface area contributed by atoms with E-state index in [0.29, 0.717) is 40.5 Å². The number of hydrogen-bond donors (Lipinski definition) is 2. The Hall–Kier alpha value is -4.17. The van der Waals surface area contributed by atoms with Crippen LogP contribution >= 0.6 is 11.6 Å². The lowest BCUT2D eigenvalue weighted by Crippen LogP contribution is -2.32. The normalized spacial score (nSPS) is 20.0. The first-order valence-electron chi connectivity index (χ1n) is 14.0. The summed E-state index contributed by atoms with van der Waals surface area (Å²) in [7, 11) is 1.43. The fourth-order valence-corrected chi connectivity index (χ4v) is 7.01. The first kappa shape index (κ1) is 29.9. The fraction of sp³-hybridized carbons (Fsp3) is 0.414. The fourth-order valence-electron chi connectivity index (χ4n) is 6.43. The van der Waals surface area contributed by atoms with Crippen molar-refractivity contribution in [1.29, 1.82) is 0 Å². The summed E-state index contributed by atoms with van der Waals surface area (Å²) < 4.78 is 34.2. The number of rotatable bonds is 8. The number of pyridine rings is 1. The minimum atomic E-state index is -3.83. The third kappa shape index (κ3) is 5.36. The molecular weight excluding hydrogens is 608 g/mol. The first-order chi connectivity index (χ1) is 20.8. The second-order valence-corrected chi connectivity index (χ2v) is 13.8. The molecule has 1 aromatic carbocycles. The summed E-state index contributed by atoms with van der Waals surface area (Å²) in [5.41, 5.74) is 3.21. The van der Waals surface area contributed by atoms with E-state index in [9.17, 15) is 18.0 Å². The molecule has 0 bridgehead atoms. The SMILES string of the molecule is COc1nn(C)cc1C1[C@H]2CN(c3nc4c([C@@H](C)Nc5ccc(Cl)nc5C(=O)NS(C)(=O)=O)cc(C)cc4c(=O)n3C)C[C@@H]12. The molecule has 1 saturated carbocycles. The molecule has 0 radical (unpaired) electrons. The molecule has 2 aliphatic rings. The minimum Gasteiger partial charge on any atom is -0.480 e. The second kappa shape index (κ2) is 10.8. The third-order valence-electron chi connectivity index (χ3n) is 8.37. The van der Waals surface area contributed by atoms with Crippen molar-refractivity contribution in [3.63, 3.8) is 0 Å². The summed E-state index contributed by atoms with van der Waals surface area (Å²) in [6.45, 7) is 5.28. The molecule has 1 unspecified atom stereocenters. The molecule has 0 spiro atoms. The van der Waals surface area contributed by atoms with Gasteiger partial charge in [0.2, 0.25) is 21.9 Å². The standard InChI is InChI=1S/C29H33ClN8O5S/c1-14-9-16(15(2)31-21-7-8-22(30)32-25(21)26(39)35-44(6,41)42)24-17(10-14)28(40)37(4)29(33-24)38-12-18-19(13-38)23(18)20-11-36(3)34-27(20)43-5/h7-11,15,18-19,23,31H,12-13H2,1-6H3,(H,35,39)/t15-,18-,19+,23?/m1/s1. The van der Waals surface area contributed by atoms with Crippen LogP contribution in [0.1, 0.15) is 46.1 Å². The van der Waals surface area contributed by atoms with Crippen molar-refractivity contribution < 1.29 is 17.9 Å². The number of methoxy groups -OCH3 is 1. The van der Waals surface area contributed by atoms with Gasteiger partial charge in [0, 0.05) is 50.4 Å². The number of ether oxygens (including phenoxy) is 1. The zero-order chi connectivity index (χ0) is 31.7. The third-order valence-corrected chi connectivity index (χ3v) is 9.14. The van der Waals surface area contributed by atoms with Gasteiger partial charge in [0.1, 0.15) is 5.15 Å². The topological polar surface area (TPSA) is 153 Å². The quantitative estimate of drug-likeness (QED) is 0.275. The van der Waals surface area contributed by atoms with E-state index >= 15 is 0 Å². The number of aryl methyl sites for hydroxylation is 2. The summed E-state index contributed by atoms with van der Waals surface area (Å²) in [5, 5.41) is 8.18. The van der Waals surface area contributed by atoms with Crippen molar-refractivity contribution in [3.05, 3.63) is 68.4 Å². The zero-order valence-electron chi connectivity index (χ0n) is 25.1. The highest BCUT2D eigenvalue weighted by molar-refractivity contribution is 7.89. The first-order valence-corrected chi connectivity index (χ1v) is 16.3. The van der Waals surface area contributed by atoms with Crippen LogP contribution in [-0.2, 0) is 24.1 Å². The molecule has 4 atom stereocenters. The highest BCUT2D eigenvalue weighted by atomic mass is 35.5. The van der Waals surface area contributed by atoms with Crippen LogP contribution in [0.15, 0.2) is 35.3 Å². The lowest BCUT2D eigenvalue weighted by Gasteiger charge is -2.25. The number of sulfonamides is 1. The average molecular weight is 641 g/mol. The van der Waals surface area contributed by atoms with Gasteiger partial charge in [0.15, 0.2) is 5.69 Å². The number of amides is 1. The molecule has 13 nitrogen and oxygen atoms in total. The Morgan fingerprint density at radius 1 is 1.16 bits per heavy atom. The Morgan fingerprint density at radius 3 is 2.52 bits per heavy atom. The molecule has 3 aromatic heterocycles. The maximum Gasteiger partial charge on any atom is 0.285 e. The molecule has 1 aliphatic heterocycles. The van der Waals surface area contributed by atoms with E-state index in [-0.39, 0.29) is 22.1 Å². The van der Waals surface area contributed by atoms with E-state index in [4.69, 9.17) is 21.3 Å². The molecule has 232 valence electrons. The number of nitrogens with zero attached hydrogens (tertiary/aromatic N) is 6. The van der Waals surface area contributed by atoms with Gasteiger partial charge in [-0.3, -0.25) is 18.8 Å². The van der Waals surface area contributed by atoms with Crippen LogP contribution in [0.4, 0.5) is 11.6 Å². The van der Waals surface area contributed by atoms with Gasteiger partial charge in [0.25, 0.3) is 11.5 Å². The molecule has 2 fully saturated rings. The predicted molar refractivity (Wildman–Crippen MR) is 167 cm³/mol. The second-order valence-electron chi connectivity index (χ2n) is 11.7. The number of carbonyl (C=O) groups is 1. The molecule has 1 amide bonds. The van der Waals surface area contributed by atoms with E-state index in [2.05, 4.69) is 20.3 Å². The highest BCUT2D eigenvalue weighted by Crippen LogP contribution is 2.60. The molecule has 1 saturated heterocycles. The molecule has 44 heavy (non-hydrogen) atoms. The molecule has 15 heteroatoms. The maximum atomic E-state index is 13.7. The van der Waals surface area contributed by atoms with Gasteiger partial charge in [0.05, 0.1) is 36.0 Å². The largest absolute Gasteiger partial charge is 0.480 e. The van der Waals surface area contributed by atoms with Gasteiger partial charge in [-0.1, -0.05) is 17.7 Å². The Labute approximate surface area is 259 Å². The Kier molecular flexibility index (Phi) is 7.31. The average Bonchev–Trinajstić information content (AvgIpc) is 3.24. The van der Waals surface area contributed by atoms with Crippen molar-refractivity contribution in [2.75, 3.05) is 36.7 Å². The highest BCUT2D eigenvalue weighted by Gasteiger charge is 2.58. The lowest BCUT2D eigenvalue weighted by molar-refractivity contribution is 0.0977. The number of benzene rings is 1. The van der Waals surface area contributed by atoms with Crippen LogP contribution in [-0.4, -0.2) is 65.1 Å². The molecular formula is C29H33ClN8O5S. The summed E-state index contributed by atoms with van der Waals surface area (Å²) >= 11 is 6.04. The number of carbonyl (C=O) groups excluding carboxylic acids is 1. The van der Waals surface area contributed by atoms with Crippen LogP contribution in [0.3, 0.4) is 0 Å². The minimum absolute atomic E-state index is 0.0329. The lowest BCUT2D eigenvalue weighted by atomic mass is 10.0. The van der Waals surface area contributed by atoms with Gasteiger partial charge in [-0.15, -0.1) is 5.10 Å². The van der Waals surface area contributed by atoms with Crippen molar-refractivity contribution in [3.8, 4) is 5.88 Å². The van der Waals surface area contributed by atoms with E-state index in [1.165, 1.54) is 6.07 Å². The number of piperidine rings is 1. The molecule has 4 aromatic rings. The molecule has 2 N–H and O–H groups in total. The van der Waals surface area contributed by atoms with Crippen LogP contribution in [0.2, 0.25) is 5.15 Å². The van der Waals surface area contributed by atoms with Crippen molar-refractivity contribution in [2.45, 2.75) is 25.8 Å². The van der Waals surface area contributed by atoms with E-state index < -0.39 is 22.0 Å². The number of anilines is 2. The smallest absolute Gasteiger partial charge is 0.285 e. The summed E-state index contributed by atoms with van der Waals surface area (Å²) in [4.78, 5) is 37.7. The van der Waals surface area contributed by atoms with Gasteiger partial charge >= 0.3 is 0 Å². The van der Waals surface area contributed by atoms with Crippen molar-refractivity contribution >= 4 is 50.1 Å². The summed E-state index contributed by atoms with van der Waals surface area (Å²) in [6.07, 6.45) is 2.90. The van der Waals surface area contributed by atoms with Crippen LogP contribution in [0, 0.1) is 18.8 Å². The number of hydrogen-bond acceptors (Lipinski definition) is 10. The van der Waals surface area contributed by atoms with E-state index in [1.807, 2.05) is 43.9 Å². The van der Waals surface area contributed by atoms with Gasteiger partial charge < -0.3 is 15.0 Å². The van der Waals surface area contributed by atoms with Crippen LogP contribution in [0.5, 0.6) is 5.88 Å². The number of halogens is 1. The summed E-state index contributed by atoms with van der Waals surface area (Å²) in [6, 6.07) is 6.38. The maximum absolute atomic E-state index is 13.7.